The van der Waals surface area contributed by atoms with Crippen LogP contribution in [0.5, 0.6) is 0 Å². The standard InChI is InChI=1S/C20H19NO2/c1-3-23-20(22)18-17(15-10-6-4-7-11-15)14-21(2)19(18)16-12-8-5-9-13-16/h4-14H,3H2,1-2H3. The van der Waals surface area contributed by atoms with Crippen molar-refractivity contribution in [1.29, 1.82) is 0 Å². The molecule has 0 amide bonds. The van der Waals surface area contributed by atoms with E-state index in [1.54, 1.807) is 0 Å². The molecule has 3 rings (SSSR count). The van der Waals surface area contributed by atoms with Gasteiger partial charge in [0.25, 0.3) is 0 Å². The fourth-order valence-electron chi connectivity index (χ4n) is 2.82. The van der Waals surface area contributed by atoms with Crippen LogP contribution in [0.4, 0.5) is 0 Å². The fourth-order valence-corrected chi connectivity index (χ4v) is 2.82. The van der Waals surface area contributed by atoms with Crippen LogP contribution in [-0.2, 0) is 11.8 Å². The molecular weight excluding hydrogens is 286 g/mol. The maximum absolute atomic E-state index is 12.6. The molecule has 0 bridgehead atoms. The maximum atomic E-state index is 12.6. The highest BCUT2D eigenvalue weighted by atomic mass is 16.5. The molecule has 0 saturated carbocycles. The van der Waals surface area contributed by atoms with Gasteiger partial charge in [-0.15, -0.1) is 0 Å². The summed E-state index contributed by atoms with van der Waals surface area (Å²) in [7, 11) is 1.96. The van der Waals surface area contributed by atoms with Gasteiger partial charge in [0, 0.05) is 18.8 Å². The minimum atomic E-state index is -0.286. The number of aryl methyl sites for hydroxylation is 1. The molecule has 1 aromatic heterocycles. The van der Waals surface area contributed by atoms with E-state index in [0.717, 1.165) is 22.4 Å². The van der Waals surface area contributed by atoms with Crippen LogP contribution in [0.25, 0.3) is 22.4 Å². The largest absolute Gasteiger partial charge is 0.462 e. The number of esters is 1. The second kappa shape index (κ2) is 6.53. The number of rotatable bonds is 4. The van der Waals surface area contributed by atoms with Gasteiger partial charge in [0.2, 0.25) is 0 Å². The molecule has 0 spiro atoms. The molecule has 116 valence electrons. The third-order valence-corrected chi connectivity index (χ3v) is 3.79. The Morgan fingerprint density at radius 1 is 0.957 bits per heavy atom. The maximum Gasteiger partial charge on any atom is 0.340 e. The van der Waals surface area contributed by atoms with Gasteiger partial charge in [-0.3, -0.25) is 0 Å². The Morgan fingerprint density at radius 3 is 2.09 bits per heavy atom. The van der Waals surface area contributed by atoms with E-state index in [1.807, 2.05) is 85.4 Å². The van der Waals surface area contributed by atoms with Crippen molar-refractivity contribution in [3.63, 3.8) is 0 Å². The van der Waals surface area contributed by atoms with E-state index in [4.69, 9.17) is 4.74 Å². The van der Waals surface area contributed by atoms with E-state index in [0.29, 0.717) is 12.2 Å². The van der Waals surface area contributed by atoms with Gasteiger partial charge in [0.05, 0.1) is 17.9 Å². The number of carbonyl (C=O) groups excluding carboxylic acids is 1. The lowest BCUT2D eigenvalue weighted by Gasteiger charge is -2.09. The summed E-state index contributed by atoms with van der Waals surface area (Å²) in [6.45, 7) is 2.18. The van der Waals surface area contributed by atoms with Crippen molar-refractivity contribution in [2.24, 2.45) is 7.05 Å². The Balaban J connectivity index is 2.24. The average Bonchev–Trinajstić information content (AvgIpc) is 2.94. The van der Waals surface area contributed by atoms with E-state index in [9.17, 15) is 4.79 Å². The zero-order valence-corrected chi connectivity index (χ0v) is 13.3. The highest BCUT2D eigenvalue weighted by Gasteiger charge is 2.23. The van der Waals surface area contributed by atoms with E-state index < -0.39 is 0 Å². The van der Waals surface area contributed by atoms with Crippen molar-refractivity contribution >= 4 is 5.97 Å². The molecule has 1 heterocycles. The van der Waals surface area contributed by atoms with Crippen LogP contribution in [0.3, 0.4) is 0 Å². The number of hydrogen-bond acceptors (Lipinski definition) is 2. The third-order valence-electron chi connectivity index (χ3n) is 3.79. The lowest BCUT2D eigenvalue weighted by Crippen LogP contribution is -2.07. The highest BCUT2D eigenvalue weighted by Crippen LogP contribution is 2.34. The Bertz CT molecular complexity index is 804. The van der Waals surface area contributed by atoms with Crippen molar-refractivity contribution in [1.82, 2.24) is 4.57 Å². The van der Waals surface area contributed by atoms with E-state index >= 15 is 0 Å². The first-order valence-electron chi connectivity index (χ1n) is 7.69. The normalized spacial score (nSPS) is 10.5. The van der Waals surface area contributed by atoms with Crippen LogP contribution in [0.15, 0.2) is 66.9 Å². The zero-order chi connectivity index (χ0) is 16.2. The predicted molar refractivity (Wildman–Crippen MR) is 92.2 cm³/mol. The van der Waals surface area contributed by atoms with E-state index in [2.05, 4.69) is 0 Å². The van der Waals surface area contributed by atoms with Gasteiger partial charge in [0.15, 0.2) is 0 Å². The van der Waals surface area contributed by atoms with Gasteiger partial charge in [-0.05, 0) is 18.1 Å². The average molecular weight is 305 g/mol. The minimum Gasteiger partial charge on any atom is -0.462 e. The van der Waals surface area contributed by atoms with Crippen molar-refractivity contribution in [3.05, 3.63) is 72.4 Å². The second-order valence-corrected chi connectivity index (χ2v) is 5.33. The molecule has 0 radical (unpaired) electrons. The summed E-state index contributed by atoms with van der Waals surface area (Å²) in [5.74, 6) is -0.286. The van der Waals surface area contributed by atoms with E-state index in [1.165, 1.54) is 0 Å². The van der Waals surface area contributed by atoms with Gasteiger partial charge < -0.3 is 9.30 Å². The van der Waals surface area contributed by atoms with Crippen LogP contribution in [0.1, 0.15) is 17.3 Å². The third kappa shape index (κ3) is 2.90. The van der Waals surface area contributed by atoms with Crippen molar-refractivity contribution in [2.75, 3.05) is 6.61 Å². The monoisotopic (exact) mass is 305 g/mol. The van der Waals surface area contributed by atoms with Crippen LogP contribution in [0.2, 0.25) is 0 Å². The van der Waals surface area contributed by atoms with Gasteiger partial charge in [-0.1, -0.05) is 60.7 Å². The smallest absolute Gasteiger partial charge is 0.340 e. The molecule has 0 atom stereocenters. The number of nitrogens with zero attached hydrogens (tertiary/aromatic N) is 1. The number of carbonyl (C=O) groups is 1. The first-order chi connectivity index (χ1) is 11.2. The molecule has 0 saturated heterocycles. The van der Waals surface area contributed by atoms with Crippen molar-refractivity contribution in [2.45, 2.75) is 6.92 Å². The molecule has 0 fully saturated rings. The van der Waals surface area contributed by atoms with Gasteiger partial charge >= 0.3 is 5.97 Å². The molecule has 2 aromatic carbocycles. The molecule has 0 aliphatic heterocycles. The fraction of sp³-hybridized carbons (Fsp3) is 0.150. The summed E-state index contributed by atoms with van der Waals surface area (Å²) in [4.78, 5) is 12.6. The van der Waals surface area contributed by atoms with Gasteiger partial charge in [-0.2, -0.15) is 0 Å². The second-order valence-electron chi connectivity index (χ2n) is 5.33. The Labute approximate surface area is 136 Å². The van der Waals surface area contributed by atoms with Gasteiger partial charge in [0.1, 0.15) is 0 Å². The summed E-state index contributed by atoms with van der Waals surface area (Å²) in [6.07, 6.45) is 1.99. The number of aromatic nitrogens is 1. The predicted octanol–water partition coefficient (Wildman–Crippen LogP) is 4.54. The molecule has 0 aliphatic rings. The molecule has 3 nitrogen and oxygen atoms in total. The minimum absolute atomic E-state index is 0.286. The Hall–Kier alpha value is -2.81. The molecular formula is C20H19NO2. The Kier molecular flexibility index (Phi) is 4.29. The summed E-state index contributed by atoms with van der Waals surface area (Å²) in [5.41, 5.74) is 4.40. The first-order valence-corrected chi connectivity index (χ1v) is 7.69. The summed E-state index contributed by atoms with van der Waals surface area (Å²) in [5, 5.41) is 0. The van der Waals surface area contributed by atoms with E-state index in [-0.39, 0.29) is 5.97 Å². The molecule has 0 aliphatic carbocycles. The lowest BCUT2D eigenvalue weighted by molar-refractivity contribution is 0.0528. The van der Waals surface area contributed by atoms with Crippen LogP contribution in [-0.4, -0.2) is 17.1 Å². The molecule has 3 aromatic rings. The first kappa shape index (κ1) is 15.1. The molecule has 0 unspecified atom stereocenters. The molecule has 0 N–H and O–H groups in total. The highest BCUT2D eigenvalue weighted by molar-refractivity contribution is 6.03. The topological polar surface area (TPSA) is 31.2 Å². The number of benzene rings is 2. The summed E-state index contributed by atoms with van der Waals surface area (Å²) < 4.78 is 7.30. The van der Waals surface area contributed by atoms with Crippen LogP contribution < -0.4 is 0 Å². The SMILES string of the molecule is CCOC(=O)c1c(-c2ccccc2)cn(C)c1-c1ccccc1. The zero-order valence-electron chi connectivity index (χ0n) is 13.3. The van der Waals surface area contributed by atoms with Crippen LogP contribution in [0, 0.1) is 0 Å². The van der Waals surface area contributed by atoms with Crippen LogP contribution >= 0.6 is 0 Å². The number of ether oxygens (including phenoxy) is 1. The molecule has 3 heteroatoms. The number of hydrogen-bond donors (Lipinski definition) is 0. The quantitative estimate of drug-likeness (QED) is 0.663. The lowest BCUT2D eigenvalue weighted by atomic mass is 10.00. The Morgan fingerprint density at radius 2 is 1.52 bits per heavy atom. The summed E-state index contributed by atoms with van der Waals surface area (Å²) in [6, 6.07) is 19.8. The van der Waals surface area contributed by atoms with Gasteiger partial charge in [-0.25, -0.2) is 4.79 Å². The summed E-state index contributed by atoms with van der Waals surface area (Å²) >= 11 is 0. The van der Waals surface area contributed by atoms with Crippen molar-refractivity contribution < 1.29 is 9.53 Å². The molecule has 23 heavy (non-hydrogen) atoms. The van der Waals surface area contributed by atoms with Crippen molar-refractivity contribution in [3.8, 4) is 22.4 Å².